The maximum absolute atomic E-state index is 8.81. The number of aliphatic hydroxyl groups excluding tert-OH is 1. The Morgan fingerprint density at radius 1 is 1.10 bits per heavy atom. The predicted octanol–water partition coefficient (Wildman–Crippen LogP) is 2.06. The minimum atomic E-state index is -0.110. The molecule has 3 nitrogen and oxygen atoms in total. The lowest BCUT2D eigenvalue weighted by Crippen LogP contribution is -2.17. The van der Waals surface area contributed by atoms with Crippen molar-refractivity contribution in [2.45, 2.75) is 13.1 Å². The molecule has 0 saturated carbocycles. The third-order valence-electron chi connectivity index (χ3n) is 2.96. The van der Waals surface area contributed by atoms with E-state index >= 15 is 0 Å². The van der Waals surface area contributed by atoms with E-state index in [-0.39, 0.29) is 6.61 Å². The number of pyridine rings is 1. The molecule has 0 fully saturated rings. The van der Waals surface area contributed by atoms with Gasteiger partial charge in [0, 0.05) is 31.0 Å². The fraction of sp³-hybridized carbons (Fsp3) is 0.235. The van der Waals surface area contributed by atoms with Crippen molar-refractivity contribution >= 4 is 0 Å². The van der Waals surface area contributed by atoms with E-state index in [2.05, 4.69) is 34.8 Å². The molecule has 0 aliphatic heterocycles. The van der Waals surface area contributed by atoms with Crippen LogP contribution in [0.2, 0.25) is 0 Å². The van der Waals surface area contributed by atoms with Gasteiger partial charge in [0.2, 0.25) is 0 Å². The Morgan fingerprint density at radius 2 is 1.85 bits per heavy atom. The maximum Gasteiger partial charge on any atom is 0.104 e. The lowest BCUT2D eigenvalue weighted by Gasteiger charge is -2.17. The second kappa shape index (κ2) is 7.44. The molecule has 0 radical (unpaired) electrons. The van der Waals surface area contributed by atoms with Gasteiger partial charge in [-0.2, -0.15) is 0 Å². The Hall–Kier alpha value is -2.15. The number of nitrogens with zero attached hydrogens (tertiary/aromatic N) is 2. The third kappa shape index (κ3) is 4.20. The first-order valence-corrected chi connectivity index (χ1v) is 6.54. The molecule has 20 heavy (non-hydrogen) atoms. The summed E-state index contributed by atoms with van der Waals surface area (Å²) in [4.78, 5) is 6.26. The Morgan fingerprint density at radius 3 is 2.60 bits per heavy atom. The van der Waals surface area contributed by atoms with Gasteiger partial charge in [0.25, 0.3) is 0 Å². The quantitative estimate of drug-likeness (QED) is 0.861. The van der Waals surface area contributed by atoms with Gasteiger partial charge in [-0.1, -0.05) is 30.0 Å². The molecule has 0 bridgehead atoms. The minimum Gasteiger partial charge on any atom is -0.384 e. The highest BCUT2D eigenvalue weighted by molar-refractivity contribution is 5.41. The van der Waals surface area contributed by atoms with E-state index in [1.54, 1.807) is 0 Å². The Bertz CT molecular complexity index is 599. The average Bonchev–Trinajstić information content (AvgIpc) is 2.47. The summed E-state index contributed by atoms with van der Waals surface area (Å²) < 4.78 is 0. The molecule has 1 aromatic carbocycles. The van der Waals surface area contributed by atoms with Gasteiger partial charge >= 0.3 is 0 Å². The van der Waals surface area contributed by atoms with Crippen LogP contribution < -0.4 is 0 Å². The van der Waals surface area contributed by atoms with Crippen LogP contribution in [0.5, 0.6) is 0 Å². The first-order valence-electron chi connectivity index (χ1n) is 6.54. The Labute approximate surface area is 119 Å². The van der Waals surface area contributed by atoms with Crippen molar-refractivity contribution in [1.29, 1.82) is 0 Å². The van der Waals surface area contributed by atoms with Gasteiger partial charge in [-0.05, 0) is 36.4 Å². The van der Waals surface area contributed by atoms with Crippen LogP contribution in [0.25, 0.3) is 0 Å². The lowest BCUT2D eigenvalue weighted by atomic mass is 10.1. The summed E-state index contributed by atoms with van der Waals surface area (Å²) in [6.45, 7) is 1.57. The molecule has 0 atom stereocenters. The Balaban J connectivity index is 2.06. The zero-order valence-corrected chi connectivity index (χ0v) is 11.6. The number of rotatable bonds is 4. The molecule has 0 saturated heterocycles. The average molecular weight is 266 g/mol. The normalized spacial score (nSPS) is 10.2. The monoisotopic (exact) mass is 266 g/mol. The molecule has 2 rings (SSSR count). The first-order chi connectivity index (χ1) is 9.79. The fourth-order valence-corrected chi connectivity index (χ4v) is 2.06. The van der Waals surface area contributed by atoms with Gasteiger partial charge in [-0.25, -0.2) is 0 Å². The number of aliphatic hydroxyl groups is 1. The summed E-state index contributed by atoms with van der Waals surface area (Å²) in [5, 5.41) is 8.81. The van der Waals surface area contributed by atoms with Crippen molar-refractivity contribution < 1.29 is 5.11 Å². The molecule has 0 aliphatic rings. The topological polar surface area (TPSA) is 36.4 Å². The van der Waals surface area contributed by atoms with E-state index in [1.807, 2.05) is 42.7 Å². The van der Waals surface area contributed by atoms with Gasteiger partial charge in [-0.3, -0.25) is 9.88 Å². The van der Waals surface area contributed by atoms with Crippen LogP contribution in [0.4, 0.5) is 0 Å². The zero-order chi connectivity index (χ0) is 14.2. The molecule has 2 aromatic rings. The molecule has 1 N–H and O–H groups in total. The van der Waals surface area contributed by atoms with Crippen molar-refractivity contribution in [3.63, 3.8) is 0 Å². The predicted molar refractivity (Wildman–Crippen MR) is 79.8 cm³/mol. The smallest absolute Gasteiger partial charge is 0.104 e. The van der Waals surface area contributed by atoms with Crippen molar-refractivity contribution in [3.05, 3.63) is 65.5 Å². The molecule has 102 valence electrons. The molecule has 0 amide bonds. The van der Waals surface area contributed by atoms with Crippen molar-refractivity contribution in [2.75, 3.05) is 13.7 Å². The van der Waals surface area contributed by atoms with E-state index in [9.17, 15) is 0 Å². The van der Waals surface area contributed by atoms with Crippen molar-refractivity contribution in [1.82, 2.24) is 9.88 Å². The van der Waals surface area contributed by atoms with E-state index in [0.717, 1.165) is 18.7 Å². The fourth-order valence-electron chi connectivity index (χ4n) is 2.06. The van der Waals surface area contributed by atoms with E-state index in [0.29, 0.717) is 0 Å². The molecular formula is C17H18N2O. The van der Waals surface area contributed by atoms with E-state index in [1.165, 1.54) is 11.1 Å². The van der Waals surface area contributed by atoms with Gasteiger partial charge in [0.1, 0.15) is 6.61 Å². The number of aromatic nitrogens is 1. The van der Waals surface area contributed by atoms with Crippen LogP contribution >= 0.6 is 0 Å². The summed E-state index contributed by atoms with van der Waals surface area (Å²) in [7, 11) is 2.08. The summed E-state index contributed by atoms with van der Waals surface area (Å²) in [6.07, 6.45) is 3.62. The van der Waals surface area contributed by atoms with Crippen LogP contribution in [0.15, 0.2) is 48.8 Å². The van der Waals surface area contributed by atoms with Crippen molar-refractivity contribution in [3.8, 4) is 11.8 Å². The van der Waals surface area contributed by atoms with Gasteiger partial charge in [0.05, 0.1) is 0 Å². The second-order valence-electron chi connectivity index (χ2n) is 4.64. The number of benzene rings is 1. The zero-order valence-electron chi connectivity index (χ0n) is 11.6. The van der Waals surface area contributed by atoms with Gasteiger partial charge < -0.3 is 5.11 Å². The molecule has 0 spiro atoms. The van der Waals surface area contributed by atoms with Gasteiger partial charge in [-0.15, -0.1) is 0 Å². The first kappa shape index (κ1) is 14.3. The number of hydrogen-bond acceptors (Lipinski definition) is 3. The van der Waals surface area contributed by atoms with E-state index < -0.39 is 0 Å². The van der Waals surface area contributed by atoms with Crippen LogP contribution in [0, 0.1) is 11.8 Å². The second-order valence-corrected chi connectivity index (χ2v) is 4.64. The maximum atomic E-state index is 8.81. The van der Waals surface area contributed by atoms with Crippen LogP contribution in [0.1, 0.15) is 16.7 Å². The summed E-state index contributed by atoms with van der Waals surface area (Å²) >= 11 is 0. The highest BCUT2D eigenvalue weighted by Crippen LogP contribution is 2.11. The number of hydrogen-bond donors (Lipinski definition) is 1. The molecular weight excluding hydrogens is 248 g/mol. The van der Waals surface area contributed by atoms with Crippen LogP contribution in [-0.4, -0.2) is 28.6 Å². The SMILES string of the molecule is CN(Cc1ccncc1)Cc1ccccc1C#CCO. The third-order valence-corrected chi connectivity index (χ3v) is 2.96. The Kier molecular flexibility index (Phi) is 5.31. The molecule has 1 heterocycles. The van der Waals surface area contributed by atoms with Crippen LogP contribution in [-0.2, 0) is 13.1 Å². The molecule has 1 aromatic heterocycles. The summed E-state index contributed by atoms with van der Waals surface area (Å²) in [5.74, 6) is 5.70. The van der Waals surface area contributed by atoms with Crippen LogP contribution in [0.3, 0.4) is 0 Å². The van der Waals surface area contributed by atoms with E-state index in [4.69, 9.17) is 5.11 Å². The van der Waals surface area contributed by atoms with Crippen molar-refractivity contribution in [2.24, 2.45) is 0 Å². The summed E-state index contributed by atoms with van der Waals surface area (Å²) in [6, 6.07) is 12.1. The molecule has 0 unspecified atom stereocenters. The van der Waals surface area contributed by atoms with Gasteiger partial charge in [0.15, 0.2) is 0 Å². The summed E-state index contributed by atoms with van der Waals surface area (Å²) in [5.41, 5.74) is 3.38. The standard InChI is InChI=1S/C17H18N2O/c1-19(13-15-8-10-18-11-9-15)14-17-6-3-2-5-16(17)7-4-12-20/h2-3,5-6,8-11,20H,12-14H2,1H3. The highest BCUT2D eigenvalue weighted by atomic mass is 16.2. The molecule has 0 aliphatic carbocycles. The highest BCUT2D eigenvalue weighted by Gasteiger charge is 2.04. The molecule has 3 heteroatoms. The lowest BCUT2D eigenvalue weighted by molar-refractivity contribution is 0.318. The minimum absolute atomic E-state index is 0.110. The largest absolute Gasteiger partial charge is 0.384 e.